The van der Waals surface area contributed by atoms with Crippen LogP contribution in [0.15, 0.2) is 36.5 Å². The van der Waals surface area contributed by atoms with Crippen molar-refractivity contribution in [3.05, 3.63) is 47.8 Å². The maximum atomic E-state index is 4.53. The molecule has 0 unspecified atom stereocenters. The van der Waals surface area contributed by atoms with E-state index < -0.39 is 0 Å². The maximum Gasteiger partial charge on any atom is 0.0652 e. The van der Waals surface area contributed by atoms with E-state index in [2.05, 4.69) is 50.3 Å². The molecule has 1 aromatic heterocycles. The molecule has 0 amide bonds. The Hall–Kier alpha value is -1.65. The molecule has 4 heteroatoms. The lowest BCUT2D eigenvalue weighted by Crippen LogP contribution is -2.42. The lowest BCUT2D eigenvalue weighted by atomic mass is 10.1. The van der Waals surface area contributed by atoms with Crippen molar-refractivity contribution in [2.45, 2.75) is 25.3 Å². The van der Waals surface area contributed by atoms with Crippen LogP contribution < -0.4 is 5.32 Å². The standard InChI is InChI=1S/C17H22N4/c1-2-14(13-20-10-8-18-9-11-20)12-16(3-1)21-17(6-7-19-21)15-4-5-15/h1-3,6-7,12,15,18H,4-5,8-11,13H2. The van der Waals surface area contributed by atoms with Gasteiger partial charge in [-0.3, -0.25) is 4.90 Å². The van der Waals surface area contributed by atoms with Gasteiger partial charge >= 0.3 is 0 Å². The van der Waals surface area contributed by atoms with Crippen molar-refractivity contribution in [3.8, 4) is 5.69 Å². The molecule has 2 aromatic rings. The smallest absolute Gasteiger partial charge is 0.0652 e. The predicted octanol–water partition coefficient (Wildman–Crippen LogP) is 2.15. The van der Waals surface area contributed by atoms with E-state index in [0.717, 1.165) is 38.6 Å². The van der Waals surface area contributed by atoms with Crippen LogP contribution in [-0.4, -0.2) is 40.9 Å². The number of aromatic nitrogens is 2. The van der Waals surface area contributed by atoms with Gasteiger partial charge in [0.1, 0.15) is 0 Å². The van der Waals surface area contributed by atoms with Gasteiger partial charge in [-0.15, -0.1) is 0 Å². The first-order valence-electron chi connectivity index (χ1n) is 7.96. The van der Waals surface area contributed by atoms with E-state index in [4.69, 9.17) is 0 Å². The fourth-order valence-corrected chi connectivity index (χ4v) is 3.13. The van der Waals surface area contributed by atoms with Crippen molar-refractivity contribution in [3.63, 3.8) is 0 Å². The van der Waals surface area contributed by atoms with Crippen LogP contribution in [0.4, 0.5) is 0 Å². The van der Waals surface area contributed by atoms with Crippen LogP contribution in [0, 0.1) is 0 Å². The Labute approximate surface area is 125 Å². The third-order valence-corrected chi connectivity index (χ3v) is 4.44. The Morgan fingerprint density at radius 2 is 2.00 bits per heavy atom. The highest BCUT2D eigenvalue weighted by molar-refractivity contribution is 5.38. The number of piperazine rings is 1. The van der Waals surface area contributed by atoms with E-state index >= 15 is 0 Å². The van der Waals surface area contributed by atoms with Gasteiger partial charge in [0, 0.05) is 50.5 Å². The summed E-state index contributed by atoms with van der Waals surface area (Å²) < 4.78 is 2.12. The van der Waals surface area contributed by atoms with E-state index in [1.54, 1.807) is 0 Å². The molecule has 0 bridgehead atoms. The van der Waals surface area contributed by atoms with Crippen molar-refractivity contribution >= 4 is 0 Å². The van der Waals surface area contributed by atoms with E-state index in [-0.39, 0.29) is 0 Å². The molecule has 110 valence electrons. The van der Waals surface area contributed by atoms with Crippen LogP contribution >= 0.6 is 0 Å². The van der Waals surface area contributed by atoms with Gasteiger partial charge in [0.25, 0.3) is 0 Å². The number of nitrogens with zero attached hydrogens (tertiary/aromatic N) is 3. The van der Waals surface area contributed by atoms with Crippen molar-refractivity contribution in [2.75, 3.05) is 26.2 Å². The normalized spacial score (nSPS) is 19.8. The number of rotatable bonds is 4. The van der Waals surface area contributed by atoms with E-state index in [9.17, 15) is 0 Å². The van der Waals surface area contributed by atoms with Crippen molar-refractivity contribution in [2.24, 2.45) is 0 Å². The molecule has 1 aliphatic carbocycles. The lowest BCUT2D eigenvalue weighted by Gasteiger charge is -2.27. The summed E-state index contributed by atoms with van der Waals surface area (Å²) >= 11 is 0. The Morgan fingerprint density at radius 3 is 2.81 bits per heavy atom. The van der Waals surface area contributed by atoms with Crippen LogP contribution in [0.5, 0.6) is 0 Å². The molecule has 0 spiro atoms. The minimum Gasteiger partial charge on any atom is -0.314 e. The third kappa shape index (κ3) is 2.87. The zero-order chi connectivity index (χ0) is 14.1. The molecule has 4 nitrogen and oxygen atoms in total. The van der Waals surface area contributed by atoms with Gasteiger partial charge in [0.15, 0.2) is 0 Å². The van der Waals surface area contributed by atoms with E-state index in [1.807, 2.05) is 6.20 Å². The monoisotopic (exact) mass is 282 g/mol. The fraction of sp³-hybridized carbons (Fsp3) is 0.471. The first-order valence-corrected chi connectivity index (χ1v) is 7.96. The lowest BCUT2D eigenvalue weighted by molar-refractivity contribution is 0.233. The minimum absolute atomic E-state index is 0.726. The number of benzene rings is 1. The summed E-state index contributed by atoms with van der Waals surface area (Å²) in [4.78, 5) is 2.51. The largest absolute Gasteiger partial charge is 0.314 e. The molecule has 4 rings (SSSR count). The molecule has 0 atom stereocenters. The molecule has 1 aliphatic heterocycles. The Morgan fingerprint density at radius 1 is 1.14 bits per heavy atom. The molecule has 1 saturated heterocycles. The molecule has 2 heterocycles. The van der Waals surface area contributed by atoms with Crippen LogP contribution in [0.1, 0.15) is 30.0 Å². The van der Waals surface area contributed by atoms with Crippen LogP contribution in [0.2, 0.25) is 0 Å². The molecule has 1 N–H and O–H groups in total. The highest BCUT2D eigenvalue weighted by atomic mass is 15.3. The summed E-state index contributed by atoms with van der Waals surface area (Å²) in [6.45, 7) is 5.52. The molecular weight excluding hydrogens is 260 g/mol. The number of hydrogen-bond acceptors (Lipinski definition) is 3. The maximum absolute atomic E-state index is 4.53. The van der Waals surface area contributed by atoms with Crippen LogP contribution in [-0.2, 0) is 6.54 Å². The Balaban J connectivity index is 1.55. The average Bonchev–Trinajstić information content (AvgIpc) is 3.25. The van der Waals surface area contributed by atoms with Crippen molar-refractivity contribution in [1.29, 1.82) is 0 Å². The van der Waals surface area contributed by atoms with Gasteiger partial charge in [0.05, 0.1) is 5.69 Å². The number of hydrogen-bond donors (Lipinski definition) is 1. The van der Waals surface area contributed by atoms with Crippen molar-refractivity contribution < 1.29 is 0 Å². The van der Waals surface area contributed by atoms with Gasteiger partial charge in [-0.05, 0) is 36.6 Å². The highest BCUT2D eigenvalue weighted by Gasteiger charge is 2.27. The SMILES string of the molecule is c1cc(CN2CCNCC2)cc(-n2nccc2C2CC2)c1. The topological polar surface area (TPSA) is 33.1 Å². The highest BCUT2D eigenvalue weighted by Crippen LogP contribution is 2.40. The van der Waals surface area contributed by atoms with Crippen molar-refractivity contribution in [1.82, 2.24) is 20.0 Å². The minimum atomic E-state index is 0.726. The number of nitrogens with one attached hydrogen (secondary N) is 1. The molecule has 0 radical (unpaired) electrons. The summed E-state index contributed by atoms with van der Waals surface area (Å²) in [5.74, 6) is 0.726. The summed E-state index contributed by atoms with van der Waals surface area (Å²) in [6.07, 6.45) is 4.55. The Bertz CT molecular complexity index is 609. The van der Waals surface area contributed by atoms with E-state index in [1.165, 1.54) is 29.8 Å². The van der Waals surface area contributed by atoms with Gasteiger partial charge in [-0.1, -0.05) is 12.1 Å². The van der Waals surface area contributed by atoms with Gasteiger partial charge in [-0.2, -0.15) is 5.10 Å². The second kappa shape index (κ2) is 5.62. The van der Waals surface area contributed by atoms with Gasteiger partial charge < -0.3 is 5.32 Å². The second-order valence-corrected chi connectivity index (χ2v) is 6.14. The summed E-state index contributed by atoms with van der Waals surface area (Å²) in [7, 11) is 0. The average molecular weight is 282 g/mol. The zero-order valence-corrected chi connectivity index (χ0v) is 12.3. The summed E-state index contributed by atoms with van der Waals surface area (Å²) in [5, 5.41) is 7.93. The molecule has 1 saturated carbocycles. The molecule has 21 heavy (non-hydrogen) atoms. The molecule has 2 fully saturated rings. The quantitative estimate of drug-likeness (QED) is 0.933. The third-order valence-electron chi connectivity index (χ3n) is 4.44. The summed E-state index contributed by atoms with van der Waals surface area (Å²) in [6, 6.07) is 11.0. The fourth-order valence-electron chi connectivity index (χ4n) is 3.13. The Kier molecular flexibility index (Phi) is 3.49. The summed E-state index contributed by atoms with van der Waals surface area (Å²) in [5.41, 5.74) is 3.95. The first kappa shape index (κ1) is 13.0. The molecule has 1 aromatic carbocycles. The van der Waals surface area contributed by atoms with E-state index in [0.29, 0.717) is 0 Å². The molecule has 2 aliphatic rings. The van der Waals surface area contributed by atoms with Crippen LogP contribution in [0.3, 0.4) is 0 Å². The second-order valence-electron chi connectivity index (χ2n) is 6.14. The zero-order valence-electron chi connectivity index (χ0n) is 12.3. The molecular formula is C17H22N4. The van der Waals surface area contributed by atoms with Gasteiger partial charge in [-0.25, -0.2) is 4.68 Å². The predicted molar refractivity (Wildman–Crippen MR) is 83.7 cm³/mol. The van der Waals surface area contributed by atoms with Crippen LogP contribution in [0.25, 0.3) is 5.69 Å². The first-order chi connectivity index (χ1) is 10.4. The van der Waals surface area contributed by atoms with Gasteiger partial charge in [0.2, 0.25) is 0 Å².